The number of amides is 2. The van der Waals surface area contributed by atoms with Crippen molar-refractivity contribution in [3.05, 3.63) is 53.9 Å². The lowest BCUT2D eigenvalue weighted by molar-refractivity contribution is -0.134. The molecule has 2 saturated heterocycles. The van der Waals surface area contributed by atoms with E-state index in [0.717, 1.165) is 18.5 Å². The predicted molar refractivity (Wildman–Crippen MR) is 86.3 cm³/mol. The summed E-state index contributed by atoms with van der Waals surface area (Å²) in [5.74, 6) is 0.151. The molecular weight excluding hydrogens is 306 g/mol. The molecule has 24 heavy (non-hydrogen) atoms. The van der Waals surface area contributed by atoms with Gasteiger partial charge in [0, 0.05) is 38.7 Å². The summed E-state index contributed by atoms with van der Waals surface area (Å²) in [4.78, 5) is 29.1. The van der Waals surface area contributed by atoms with Gasteiger partial charge in [0.2, 0.25) is 11.7 Å². The van der Waals surface area contributed by atoms with Gasteiger partial charge in [-0.2, -0.15) is 0 Å². The Morgan fingerprint density at radius 3 is 2.71 bits per heavy atom. The smallest absolute Gasteiger partial charge is 0.292 e. The molecule has 1 aromatic heterocycles. The minimum atomic E-state index is -0.536. The minimum Gasteiger partial charge on any atom is -0.351 e. The maximum atomic E-state index is 12.9. The van der Waals surface area contributed by atoms with E-state index in [1.807, 2.05) is 37.4 Å². The van der Waals surface area contributed by atoms with Gasteiger partial charge in [-0.3, -0.25) is 9.59 Å². The fourth-order valence-electron chi connectivity index (χ4n) is 4.08. The van der Waals surface area contributed by atoms with Crippen LogP contribution in [0.5, 0.6) is 0 Å². The fraction of sp³-hybridized carbons (Fsp3) is 0.389. The van der Waals surface area contributed by atoms with Crippen LogP contribution in [0, 0.1) is 5.41 Å². The summed E-state index contributed by atoms with van der Waals surface area (Å²) < 4.78 is 5.01. The summed E-state index contributed by atoms with van der Waals surface area (Å²) in [7, 11) is 1.83. The van der Waals surface area contributed by atoms with Gasteiger partial charge in [0.25, 0.3) is 5.91 Å². The highest BCUT2D eigenvalue weighted by atomic mass is 16.5. The number of nitrogens with zero attached hydrogens (tertiary/aromatic N) is 3. The van der Waals surface area contributed by atoms with Crippen LogP contribution < -0.4 is 0 Å². The van der Waals surface area contributed by atoms with Gasteiger partial charge in [0.05, 0.1) is 11.6 Å². The summed E-state index contributed by atoms with van der Waals surface area (Å²) in [6, 6.07) is 11.6. The van der Waals surface area contributed by atoms with Crippen molar-refractivity contribution in [2.45, 2.75) is 12.3 Å². The third-order valence-electron chi connectivity index (χ3n) is 5.35. The molecule has 2 atom stereocenters. The number of benzene rings is 1. The number of carbonyl (C=O) groups is 2. The van der Waals surface area contributed by atoms with Crippen molar-refractivity contribution in [3.63, 3.8) is 0 Å². The normalized spacial score (nSPS) is 26.5. The van der Waals surface area contributed by atoms with E-state index in [4.69, 9.17) is 4.52 Å². The van der Waals surface area contributed by atoms with Crippen molar-refractivity contribution in [1.82, 2.24) is 15.0 Å². The maximum absolute atomic E-state index is 12.9. The number of likely N-dealkylation sites (tertiary alicyclic amines) is 2. The molecule has 4 rings (SSSR count). The Hall–Kier alpha value is -2.63. The van der Waals surface area contributed by atoms with Gasteiger partial charge in [0.15, 0.2) is 0 Å². The van der Waals surface area contributed by atoms with Gasteiger partial charge in [-0.1, -0.05) is 35.5 Å². The Balaban J connectivity index is 1.71. The van der Waals surface area contributed by atoms with E-state index in [2.05, 4.69) is 5.16 Å². The SMILES string of the molecule is CN1CC[C@@]2(CN(C(=O)c3ccno3)C[C@@H]2c2ccccc2)C1=O. The van der Waals surface area contributed by atoms with E-state index in [-0.39, 0.29) is 23.5 Å². The lowest BCUT2D eigenvalue weighted by atomic mass is 9.73. The molecule has 2 aliphatic heterocycles. The topological polar surface area (TPSA) is 66.7 Å². The fourth-order valence-corrected chi connectivity index (χ4v) is 4.08. The van der Waals surface area contributed by atoms with Gasteiger partial charge in [-0.15, -0.1) is 0 Å². The number of carbonyl (C=O) groups excluding carboxylic acids is 2. The highest BCUT2D eigenvalue weighted by Gasteiger charge is 2.57. The molecule has 124 valence electrons. The minimum absolute atomic E-state index is 0.00280. The Kier molecular flexibility index (Phi) is 3.40. The van der Waals surface area contributed by atoms with Crippen molar-refractivity contribution < 1.29 is 14.1 Å². The van der Waals surface area contributed by atoms with Gasteiger partial charge < -0.3 is 14.3 Å². The third-order valence-corrected chi connectivity index (χ3v) is 5.35. The molecule has 0 saturated carbocycles. The molecule has 2 amide bonds. The van der Waals surface area contributed by atoms with E-state index in [0.29, 0.717) is 13.1 Å². The van der Waals surface area contributed by atoms with Crippen LogP contribution in [0.25, 0.3) is 0 Å². The lowest BCUT2D eigenvalue weighted by Crippen LogP contribution is -2.39. The van der Waals surface area contributed by atoms with Gasteiger partial charge in [0.1, 0.15) is 0 Å². The second-order valence-corrected chi connectivity index (χ2v) is 6.66. The van der Waals surface area contributed by atoms with Crippen LogP contribution in [0.3, 0.4) is 0 Å². The Morgan fingerprint density at radius 1 is 1.29 bits per heavy atom. The lowest BCUT2D eigenvalue weighted by Gasteiger charge is -2.28. The summed E-state index contributed by atoms with van der Waals surface area (Å²) in [6.45, 7) is 1.67. The van der Waals surface area contributed by atoms with E-state index in [9.17, 15) is 9.59 Å². The zero-order chi connectivity index (χ0) is 16.7. The molecule has 0 aliphatic carbocycles. The number of hydrogen-bond donors (Lipinski definition) is 0. The zero-order valence-corrected chi connectivity index (χ0v) is 13.5. The maximum Gasteiger partial charge on any atom is 0.292 e. The molecule has 1 spiro atoms. The van der Waals surface area contributed by atoms with Crippen molar-refractivity contribution in [2.75, 3.05) is 26.7 Å². The highest BCUT2D eigenvalue weighted by Crippen LogP contribution is 2.49. The molecule has 2 aromatic rings. The average Bonchev–Trinajstić information content (AvgIpc) is 3.33. The van der Waals surface area contributed by atoms with Crippen LogP contribution in [0.15, 0.2) is 47.1 Å². The molecule has 2 fully saturated rings. The van der Waals surface area contributed by atoms with Crippen LogP contribution in [0.1, 0.15) is 28.5 Å². The number of rotatable bonds is 2. The number of hydrogen-bond acceptors (Lipinski definition) is 4. The Morgan fingerprint density at radius 2 is 2.08 bits per heavy atom. The molecular formula is C18H19N3O3. The molecule has 1 aromatic carbocycles. The van der Waals surface area contributed by atoms with Crippen LogP contribution >= 0.6 is 0 Å². The van der Waals surface area contributed by atoms with Crippen molar-refractivity contribution in [2.24, 2.45) is 5.41 Å². The summed E-state index contributed by atoms with van der Waals surface area (Å²) >= 11 is 0. The largest absolute Gasteiger partial charge is 0.351 e. The predicted octanol–water partition coefficient (Wildman–Crippen LogP) is 1.76. The van der Waals surface area contributed by atoms with Gasteiger partial charge in [-0.25, -0.2) is 0 Å². The monoisotopic (exact) mass is 325 g/mol. The molecule has 6 heteroatoms. The molecule has 0 radical (unpaired) electrons. The second-order valence-electron chi connectivity index (χ2n) is 6.66. The first-order valence-electron chi connectivity index (χ1n) is 8.12. The van der Waals surface area contributed by atoms with Crippen LogP contribution in [-0.2, 0) is 4.79 Å². The Labute approximate surface area is 140 Å². The number of aromatic nitrogens is 1. The molecule has 3 heterocycles. The van der Waals surface area contributed by atoms with E-state index in [1.54, 1.807) is 15.9 Å². The van der Waals surface area contributed by atoms with Gasteiger partial charge in [-0.05, 0) is 12.0 Å². The van der Waals surface area contributed by atoms with E-state index < -0.39 is 5.41 Å². The highest BCUT2D eigenvalue weighted by molar-refractivity contribution is 5.94. The zero-order valence-electron chi connectivity index (χ0n) is 13.5. The Bertz CT molecular complexity index is 759. The molecule has 6 nitrogen and oxygen atoms in total. The van der Waals surface area contributed by atoms with Crippen molar-refractivity contribution in [3.8, 4) is 0 Å². The van der Waals surface area contributed by atoms with E-state index >= 15 is 0 Å². The standard InChI is InChI=1S/C18H19N3O3/c1-20-10-8-18(17(20)23)12-21(16(22)15-7-9-19-24-15)11-14(18)13-5-3-2-4-6-13/h2-7,9,14H,8,10-12H2,1H3/t14-,18+/m1/s1. The first kappa shape index (κ1) is 14.9. The summed E-state index contributed by atoms with van der Waals surface area (Å²) in [5, 5.41) is 3.61. The van der Waals surface area contributed by atoms with Crippen molar-refractivity contribution >= 4 is 11.8 Å². The van der Waals surface area contributed by atoms with Crippen LogP contribution in [0.2, 0.25) is 0 Å². The molecule has 0 bridgehead atoms. The average molecular weight is 325 g/mol. The molecule has 0 unspecified atom stereocenters. The van der Waals surface area contributed by atoms with E-state index in [1.165, 1.54) is 6.20 Å². The van der Waals surface area contributed by atoms with Crippen LogP contribution in [-0.4, -0.2) is 53.5 Å². The molecule has 2 aliphatic rings. The quantitative estimate of drug-likeness (QED) is 0.844. The second kappa shape index (κ2) is 5.47. The first-order chi connectivity index (χ1) is 11.6. The molecule has 0 N–H and O–H groups in total. The van der Waals surface area contributed by atoms with Crippen LogP contribution in [0.4, 0.5) is 0 Å². The van der Waals surface area contributed by atoms with Gasteiger partial charge >= 0.3 is 0 Å². The third kappa shape index (κ3) is 2.13. The van der Waals surface area contributed by atoms with Crippen molar-refractivity contribution in [1.29, 1.82) is 0 Å². The summed E-state index contributed by atoms with van der Waals surface area (Å²) in [6.07, 6.45) is 2.23. The summed E-state index contributed by atoms with van der Waals surface area (Å²) in [5.41, 5.74) is 0.570. The first-order valence-corrected chi connectivity index (χ1v) is 8.12.